The van der Waals surface area contributed by atoms with Gasteiger partial charge >= 0.3 is 29.6 Å². The number of hydrogen-bond acceptors (Lipinski definition) is 4. The first-order valence-electron chi connectivity index (χ1n) is 3.04. The Morgan fingerprint density at radius 1 is 1.58 bits per heavy atom. The third-order valence-corrected chi connectivity index (χ3v) is 1.23. The van der Waals surface area contributed by atoms with Crippen LogP contribution in [0.4, 0.5) is 0 Å². The molecule has 0 spiro atoms. The molecule has 0 aliphatic carbocycles. The molecule has 0 aromatic heterocycles. The van der Waals surface area contributed by atoms with Crippen molar-refractivity contribution in [3.05, 3.63) is 0 Å². The quantitative estimate of drug-likeness (QED) is 0.241. The van der Waals surface area contributed by atoms with Gasteiger partial charge in [0.15, 0.2) is 0 Å². The molecule has 1 unspecified atom stereocenters. The van der Waals surface area contributed by atoms with Gasteiger partial charge in [-0.3, -0.25) is 4.79 Å². The summed E-state index contributed by atoms with van der Waals surface area (Å²) in [6.45, 7) is 1.73. The number of likely N-dealkylation sites (N-methyl/N-ethyl adjacent to an activating group) is 1. The fourth-order valence-corrected chi connectivity index (χ4v) is 0.606. The molecule has 0 aromatic rings. The van der Waals surface area contributed by atoms with Crippen LogP contribution in [-0.2, 0) is 14.4 Å². The average Bonchev–Trinajstić information content (AvgIpc) is 1.99. The minimum atomic E-state index is -1.56. The fourth-order valence-electron chi connectivity index (χ4n) is 0.606. The van der Waals surface area contributed by atoms with Crippen LogP contribution in [0, 0.1) is 0 Å². The number of carboxylic acids is 1. The molecule has 0 bridgehead atoms. The van der Waals surface area contributed by atoms with Crippen molar-refractivity contribution in [2.24, 2.45) is 0 Å². The Morgan fingerprint density at radius 3 is 2.17 bits per heavy atom. The van der Waals surface area contributed by atoms with E-state index in [0.29, 0.717) is 6.41 Å². The van der Waals surface area contributed by atoms with Crippen molar-refractivity contribution < 1.29 is 49.0 Å². The molecular weight excluding hydrogens is 173 g/mol. The largest absolute Gasteiger partial charge is 1.00 e. The molecule has 6 heteroatoms. The van der Waals surface area contributed by atoms with Crippen molar-refractivity contribution >= 4 is 18.7 Å². The Labute approximate surface area is 92.0 Å². The maximum Gasteiger partial charge on any atom is 1.00 e. The first-order chi connectivity index (χ1) is 5.17. The van der Waals surface area contributed by atoms with Crippen LogP contribution in [0.25, 0.3) is 0 Å². The van der Waals surface area contributed by atoms with Crippen LogP contribution in [0.2, 0.25) is 0 Å². The summed E-state index contributed by atoms with van der Waals surface area (Å²) in [5.74, 6) is -1.56. The Bertz CT molecular complexity index is 173. The number of nitrogens with zero attached hydrogens (tertiary/aromatic N) is 1. The summed E-state index contributed by atoms with van der Waals surface area (Å²) >= 11 is 0. The van der Waals surface area contributed by atoms with Gasteiger partial charge in [-0.2, -0.15) is 0 Å². The van der Waals surface area contributed by atoms with Gasteiger partial charge in [0.1, 0.15) is 12.3 Å². The first kappa shape index (κ1) is 14.2. The van der Waals surface area contributed by atoms with E-state index in [0.717, 1.165) is 4.90 Å². The van der Waals surface area contributed by atoms with Crippen molar-refractivity contribution in [1.82, 2.24) is 4.90 Å². The number of hydrogen-bond donors (Lipinski definition) is 0. The zero-order valence-electron chi connectivity index (χ0n) is 7.02. The van der Waals surface area contributed by atoms with E-state index in [4.69, 9.17) is 0 Å². The predicted octanol–water partition coefficient (Wildman–Crippen LogP) is -5.21. The molecule has 0 aliphatic heterocycles. The topological polar surface area (TPSA) is 77.5 Å². The molecule has 0 fully saturated rings. The van der Waals surface area contributed by atoms with Crippen LogP contribution in [0.1, 0.15) is 6.92 Å². The predicted molar refractivity (Wildman–Crippen MR) is 33.3 cm³/mol. The molecule has 0 rings (SSSR count). The number of aldehydes is 1. The van der Waals surface area contributed by atoms with Crippen molar-refractivity contribution in [3.8, 4) is 0 Å². The number of carbonyl (C=O) groups is 3. The van der Waals surface area contributed by atoms with Crippen molar-refractivity contribution in [2.45, 2.75) is 13.0 Å². The smallest absolute Gasteiger partial charge is 0.547 e. The van der Waals surface area contributed by atoms with Gasteiger partial charge < -0.3 is 19.6 Å². The Balaban J connectivity index is 0. The number of aliphatic carboxylic acids is 1. The number of carbonyl (C=O) groups excluding carboxylic acids is 3. The molecule has 1 atom stereocenters. The van der Waals surface area contributed by atoms with E-state index in [1.54, 1.807) is 6.92 Å². The first-order valence-corrected chi connectivity index (χ1v) is 3.04. The second-order valence-electron chi connectivity index (χ2n) is 1.84. The van der Waals surface area contributed by atoms with Crippen LogP contribution in [-0.4, -0.2) is 36.2 Å². The molecule has 0 saturated carbocycles. The fraction of sp³-hybridized carbons (Fsp3) is 0.500. The molecule has 0 radical (unpaired) electrons. The van der Waals surface area contributed by atoms with E-state index in [1.165, 1.54) is 0 Å². The molecule has 0 saturated heterocycles. The van der Waals surface area contributed by atoms with Crippen molar-refractivity contribution in [1.29, 1.82) is 0 Å². The molecule has 62 valence electrons. The van der Waals surface area contributed by atoms with Gasteiger partial charge in [0.25, 0.3) is 0 Å². The van der Waals surface area contributed by atoms with E-state index >= 15 is 0 Å². The van der Waals surface area contributed by atoms with E-state index in [2.05, 4.69) is 0 Å². The van der Waals surface area contributed by atoms with Gasteiger partial charge in [0.2, 0.25) is 6.41 Å². The summed E-state index contributed by atoms with van der Waals surface area (Å²) in [5.41, 5.74) is 0. The molecule has 0 aliphatic rings. The standard InChI is InChI=1S/C6H9NO4.Na/c1-2-7(4-9)5(3-8)6(10)11;/h3-5H,2H2,1H3,(H,10,11);/q;+1/p-1. The number of carboxylic acid groups (broad SMARTS) is 1. The van der Waals surface area contributed by atoms with Crippen molar-refractivity contribution in [2.75, 3.05) is 6.54 Å². The van der Waals surface area contributed by atoms with Gasteiger partial charge in [-0.1, -0.05) is 0 Å². The van der Waals surface area contributed by atoms with Crippen LogP contribution >= 0.6 is 0 Å². The van der Waals surface area contributed by atoms with Gasteiger partial charge in [-0.25, -0.2) is 0 Å². The summed E-state index contributed by atoms with van der Waals surface area (Å²) in [5, 5.41) is 10.1. The molecule has 0 aromatic carbocycles. The minimum absolute atomic E-state index is 0. The SMILES string of the molecule is CCN(C=O)C(C=O)C(=O)[O-].[Na+]. The Kier molecular flexibility index (Phi) is 8.57. The van der Waals surface area contributed by atoms with Crippen LogP contribution < -0.4 is 34.7 Å². The summed E-state index contributed by atoms with van der Waals surface area (Å²) in [6, 6.07) is -1.46. The number of rotatable bonds is 5. The van der Waals surface area contributed by atoms with Gasteiger partial charge in [0.05, 0.1) is 5.97 Å². The normalized spacial score (nSPS) is 10.8. The summed E-state index contributed by atoms with van der Waals surface area (Å²) in [6.07, 6.45) is 0.460. The van der Waals surface area contributed by atoms with Crippen LogP contribution in [0.15, 0.2) is 0 Å². The van der Waals surface area contributed by atoms with E-state index < -0.39 is 12.0 Å². The Hall–Kier alpha value is -0.390. The van der Waals surface area contributed by atoms with Crippen molar-refractivity contribution in [3.63, 3.8) is 0 Å². The third kappa shape index (κ3) is 3.85. The maximum absolute atomic E-state index is 10.1. The zero-order chi connectivity index (χ0) is 8.85. The minimum Gasteiger partial charge on any atom is -0.547 e. The molecule has 12 heavy (non-hydrogen) atoms. The van der Waals surface area contributed by atoms with E-state index in [9.17, 15) is 19.5 Å². The maximum atomic E-state index is 10.1. The van der Waals surface area contributed by atoms with Crippen LogP contribution in [0.3, 0.4) is 0 Å². The number of amides is 1. The van der Waals surface area contributed by atoms with Gasteiger partial charge in [-0.05, 0) is 6.92 Å². The molecular formula is C6H8NNaO4. The van der Waals surface area contributed by atoms with E-state index in [-0.39, 0.29) is 42.4 Å². The third-order valence-electron chi connectivity index (χ3n) is 1.23. The summed E-state index contributed by atoms with van der Waals surface area (Å²) in [4.78, 5) is 31.2. The molecule has 1 amide bonds. The van der Waals surface area contributed by atoms with E-state index in [1.807, 2.05) is 0 Å². The monoisotopic (exact) mass is 181 g/mol. The molecule has 0 heterocycles. The Morgan fingerprint density at radius 2 is 2.08 bits per heavy atom. The van der Waals surface area contributed by atoms with Gasteiger partial charge in [-0.15, -0.1) is 0 Å². The summed E-state index contributed by atoms with van der Waals surface area (Å²) in [7, 11) is 0. The molecule has 5 nitrogen and oxygen atoms in total. The van der Waals surface area contributed by atoms with Gasteiger partial charge in [0, 0.05) is 6.54 Å². The summed E-state index contributed by atoms with van der Waals surface area (Å²) < 4.78 is 0. The zero-order valence-corrected chi connectivity index (χ0v) is 9.02. The average molecular weight is 181 g/mol. The second kappa shape index (κ2) is 7.27. The van der Waals surface area contributed by atoms with Crippen LogP contribution in [0.5, 0.6) is 0 Å². The molecule has 0 N–H and O–H groups in total. The second-order valence-corrected chi connectivity index (χ2v) is 1.84.